The van der Waals surface area contributed by atoms with E-state index in [1.165, 1.54) is 0 Å². The van der Waals surface area contributed by atoms with Crippen molar-refractivity contribution in [1.29, 1.82) is 0 Å². The lowest BCUT2D eigenvalue weighted by molar-refractivity contribution is 0.788. The zero-order valence-electron chi connectivity index (χ0n) is 10.00. The number of hydrogen-bond acceptors (Lipinski definition) is 2. The molecule has 0 saturated carbocycles. The van der Waals surface area contributed by atoms with Crippen molar-refractivity contribution in [3.05, 3.63) is 40.3 Å². The summed E-state index contributed by atoms with van der Waals surface area (Å²) in [6.45, 7) is 4.71. The normalized spacial score (nSPS) is 11.1. The predicted octanol–water partition coefficient (Wildman–Crippen LogP) is 3.42. The Morgan fingerprint density at radius 2 is 1.94 bits per heavy atom. The maximum atomic E-state index is 5.75. The number of nitrogens with one attached hydrogen (secondary N) is 1. The van der Waals surface area contributed by atoms with Gasteiger partial charge in [-0.05, 0) is 12.1 Å². The van der Waals surface area contributed by atoms with Crippen LogP contribution in [0.3, 0.4) is 0 Å². The van der Waals surface area contributed by atoms with Crippen LogP contribution in [0.4, 0.5) is 0 Å². The van der Waals surface area contributed by atoms with Crippen LogP contribution in [0.5, 0.6) is 0 Å². The predicted molar refractivity (Wildman–Crippen MR) is 73.7 cm³/mol. The Kier molecular flexibility index (Phi) is 3.64. The Morgan fingerprint density at radius 3 is 2.47 bits per heavy atom. The van der Waals surface area contributed by atoms with Gasteiger partial charge in [-0.15, -0.1) is 0 Å². The van der Waals surface area contributed by atoms with Gasteiger partial charge in [0.1, 0.15) is 5.82 Å². The van der Waals surface area contributed by atoms with Crippen LogP contribution in [0.2, 0.25) is 0 Å². The standard InChI is InChI=1S/C13H16BrN3/c1-8(2)13-16-11(7-15)12(17-13)9-3-5-10(14)6-4-9/h3-6,8H,7,15H2,1-2H3,(H,16,17). The van der Waals surface area contributed by atoms with Crippen molar-refractivity contribution in [2.75, 3.05) is 0 Å². The molecule has 1 aromatic heterocycles. The van der Waals surface area contributed by atoms with Crippen molar-refractivity contribution >= 4 is 15.9 Å². The number of nitrogens with zero attached hydrogens (tertiary/aromatic N) is 1. The summed E-state index contributed by atoms with van der Waals surface area (Å²) in [5.41, 5.74) is 8.80. The highest BCUT2D eigenvalue weighted by molar-refractivity contribution is 9.10. The fourth-order valence-electron chi connectivity index (χ4n) is 1.70. The molecule has 0 fully saturated rings. The molecule has 0 bridgehead atoms. The second kappa shape index (κ2) is 5.02. The summed E-state index contributed by atoms with van der Waals surface area (Å²) in [5, 5.41) is 0. The van der Waals surface area contributed by atoms with Crippen LogP contribution >= 0.6 is 15.9 Å². The Hall–Kier alpha value is -1.13. The molecule has 4 heteroatoms. The van der Waals surface area contributed by atoms with Gasteiger partial charge in [-0.3, -0.25) is 0 Å². The number of aromatic amines is 1. The number of halogens is 1. The molecule has 3 nitrogen and oxygen atoms in total. The number of rotatable bonds is 3. The van der Waals surface area contributed by atoms with Gasteiger partial charge in [0.05, 0.1) is 11.4 Å². The van der Waals surface area contributed by atoms with E-state index < -0.39 is 0 Å². The van der Waals surface area contributed by atoms with E-state index in [9.17, 15) is 0 Å². The molecule has 3 N–H and O–H groups in total. The zero-order chi connectivity index (χ0) is 12.4. The molecule has 0 unspecified atom stereocenters. The molecule has 0 atom stereocenters. The Labute approximate surface area is 110 Å². The molecule has 2 rings (SSSR count). The molecule has 0 spiro atoms. The van der Waals surface area contributed by atoms with Gasteiger partial charge in [0.25, 0.3) is 0 Å². The average molecular weight is 294 g/mol. The third-order valence-electron chi connectivity index (χ3n) is 2.67. The first kappa shape index (κ1) is 12.3. The van der Waals surface area contributed by atoms with Crippen LogP contribution in [0.25, 0.3) is 11.3 Å². The van der Waals surface area contributed by atoms with Crippen LogP contribution in [0.1, 0.15) is 31.3 Å². The highest BCUT2D eigenvalue weighted by Crippen LogP contribution is 2.25. The van der Waals surface area contributed by atoms with Crippen molar-refractivity contribution in [3.63, 3.8) is 0 Å². The molecular formula is C13H16BrN3. The highest BCUT2D eigenvalue weighted by Gasteiger charge is 2.12. The van der Waals surface area contributed by atoms with Crippen LogP contribution in [0, 0.1) is 0 Å². The summed E-state index contributed by atoms with van der Waals surface area (Å²) in [7, 11) is 0. The first-order chi connectivity index (χ1) is 8.11. The van der Waals surface area contributed by atoms with E-state index in [1.807, 2.05) is 24.3 Å². The molecular weight excluding hydrogens is 278 g/mol. The molecule has 0 amide bonds. The Morgan fingerprint density at radius 1 is 1.29 bits per heavy atom. The van der Waals surface area contributed by atoms with Crippen molar-refractivity contribution in [3.8, 4) is 11.3 Å². The minimum absolute atomic E-state index is 0.379. The monoisotopic (exact) mass is 293 g/mol. The summed E-state index contributed by atoms with van der Waals surface area (Å²) >= 11 is 3.43. The number of H-pyrrole nitrogens is 1. The molecule has 17 heavy (non-hydrogen) atoms. The van der Waals surface area contributed by atoms with Crippen LogP contribution < -0.4 is 5.73 Å². The van der Waals surface area contributed by atoms with E-state index in [1.54, 1.807) is 0 Å². The summed E-state index contributed by atoms with van der Waals surface area (Å²) in [4.78, 5) is 7.93. The summed E-state index contributed by atoms with van der Waals surface area (Å²) in [5.74, 6) is 1.37. The number of hydrogen-bond donors (Lipinski definition) is 2. The molecule has 0 radical (unpaired) electrons. The van der Waals surface area contributed by atoms with Crippen LogP contribution in [-0.4, -0.2) is 9.97 Å². The lowest BCUT2D eigenvalue weighted by atomic mass is 10.1. The van der Waals surface area contributed by atoms with Gasteiger partial charge in [-0.2, -0.15) is 0 Å². The van der Waals surface area contributed by atoms with Crippen LogP contribution in [0.15, 0.2) is 28.7 Å². The third-order valence-corrected chi connectivity index (χ3v) is 3.19. The first-order valence-electron chi connectivity index (χ1n) is 5.66. The van der Waals surface area contributed by atoms with Gasteiger partial charge in [0.15, 0.2) is 0 Å². The summed E-state index contributed by atoms with van der Waals surface area (Å²) < 4.78 is 1.06. The highest BCUT2D eigenvalue weighted by atomic mass is 79.9. The molecule has 0 aliphatic rings. The lowest BCUT2D eigenvalue weighted by Gasteiger charge is -2.00. The minimum Gasteiger partial charge on any atom is -0.344 e. The fraction of sp³-hybridized carbons (Fsp3) is 0.308. The van der Waals surface area contributed by atoms with Crippen molar-refractivity contribution in [1.82, 2.24) is 9.97 Å². The second-order valence-corrected chi connectivity index (χ2v) is 5.23. The SMILES string of the molecule is CC(C)c1nc(-c2ccc(Br)cc2)c(CN)[nH]1. The van der Waals surface area contributed by atoms with E-state index in [0.717, 1.165) is 27.2 Å². The van der Waals surface area contributed by atoms with Gasteiger partial charge in [-0.25, -0.2) is 4.98 Å². The molecule has 0 saturated heterocycles. The Bertz CT molecular complexity index is 500. The third kappa shape index (κ3) is 2.58. The molecule has 90 valence electrons. The first-order valence-corrected chi connectivity index (χ1v) is 6.46. The van der Waals surface area contributed by atoms with E-state index in [2.05, 4.69) is 39.7 Å². The van der Waals surface area contributed by atoms with Crippen molar-refractivity contribution < 1.29 is 0 Å². The maximum absolute atomic E-state index is 5.75. The largest absolute Gasteiger partial charge is 0.344 e. The summed E-state index contributed by atoms with van der Waals surface area (Å²) in [6, 6.07) is 8.12. The molecule has 2 aromatic rings. The number of nitrogens with two attached hydrogens (primary N) is 1. The number of benzene rings is 1. The fourth-order valence-corrected chi connectivity index (χ4v) is 1.96. The van der Waals surface area contributed by atoms with Gasteiger partial charge in [0.2, 0.25) is 0 Å². The molecule has 1 heterocycles. The minimum atomic E-state index is 0.379. The summed E-state index contributed by atoms with van der Waals surface area (Å²) in [6.07, 6.45) is 0. The van der Waals surface area contributed by atoms with E-state index in [0.29, 0.717) is 12.5 Å². The second-order valence-electron chi connectivity index (χ2n) is 4.31. The molecule has 0 aliphatic carbocycles. The average Bonchev–Trinajstić information content (AvgIpc) is 2.74. The molecule has 0 aliphatic heterocycles. The smallest absolute Gasteiger partial charge is 0.109 e. The topological polar surface area (TPSA) is 54.7 Å². The lowest BCUT2D eigenvalue weighted by Crippen LogP contribution is -1.99. The van der Waals surface area contributed by atoms with Gasteiger partial charge >= 0.3 is 0 Å². The van der Waals surface area contributed by atoms with Crippen LogP contribution in [-0.2, 0) is 6.54 Å². The maximum Gasteiger partial charge on any atom is 0.109 e. The van der Waals surface area contributed by atoms with Gasteiger partial charge in [-0.1, -0.05) is 41.9 Å². The quantitative estimate of drug-likeness (QED) is 0.911. The van der Waals surface area contributed by atoms with Crippen molar-refractivity contribution in [2.45, 2.75) is 26.3 Å². The van der Waals surface area contributed by atoms with Gasteiger partial charge < -0.3 is 10.7 Å². The van der Waals surface area contributed by atoms with E-state index in [-0.39, 0.29) is 0 Å². The number of aromatic nitrogens is 2. The van der Waals surface area contributed by atoms with Gasteiger partial charge in [0, 0.05) is 22.5 Å². The Balaban J connectivity index is 2.46. The van der Waals surface area contributed by atoms with Crippen molar-refractivity contribution in [2.24, 2.45) is 5.73 Å². The van der Waals surface area contributed by atoms with E-state index >= 15 is 0 Å². The zero-order valence-corrected chi connectivity index (χ0v) is 11.6. The van der Waals surface area contributed by atoms with E-state index in [4.69, 9.17) is 5.73 Å². The number of imidazole rings is 1. The molecule has 1 aromatic carbocycles.